The molecule has 1 heterocycles. The van der Waals surface area contributed by atoms with Gasteiger partial charge in [-0.05, 0) is 37.3 Å². The van der Waals surface area contributed by atoms with Crippen LogP contribution in [0.1, 0.15) is 46.4 Å². The molecular formula is C17H27N3. The number of rotatable bonds is 5. The van der Waals surface area contributed by atoms with Crippen molar-refractivity contribution in [2.75, 3.05) is 0 Å². The summed E-state index contributed by atoms with van der Waals surface area (Å²) in [5, 5.41) is 0. The summed E-state index contributed by atoms with van der Waals surface area (Å²) in [6.45, 7) is 9.77. The zero-order chi connectivity index (χ0) is 14.8. The molecule has 1 aromatic heterocycles. The number of fused-ring (bicyclic) bond motifs is 1. The Morgan fingerprint density at radius 2 is 1.95 bits per heavy atom. The molecule has 0 saturated heterocycles. The number of benzene rings is 1. The molecule has 1 aromatic carbocycles. The van der Waals surface area contributed by atoms with E-state index in [4.69, 9.17) is 10.7 Å². The second kappa shape index (κ2) is 5.96. The summed E-state index contributed by atoms with van der Waals surface area (Å²) >= 11 is 0. The molecule has 110 valence electrons. The molecule has 0 fully saturated rings. The second-order valence-corrected chi connectivity index (χ2v) is 6.63. The highest BCUT2D eigenvalue weighted by Gasteiger charge is 2.20. The number of hydrogen-bond donors (Lipinski definition) is 1. The van der Waals surface area contributed by atoms with Crippen LogP contribution in [0.5, 0.6) is 0 Å². The summed E-state index contributed by atoms with van der Waals surface area (Å²) < 4.78 is 2.32. The van der Waals surface area contributed by atoms with Crippen molar-refractivity contribution in [2.45, 2.75) is 59.5 Å². The average molecular weight is 273 g/mol. The molecule has 0 saturated carbocycles. The summed E-state index contributed by atoms with van der Waals surface area (Å²) in [5.41, 5.74) is 8.76. The molecule has 0 aliphatic rings. The van der Waals surface area contributed by atoms with Crippen molar-refractivity contribution in [1.29, 1.82) is 0 Å². The molecule has 2 aromatic rings. The van der Waals surface area contributed by atoms with E-state index in [-0.39, 0.29) is 11.5 Å². The summed E-state index contributed by atoms with van der Waals surface area (Å²) in [5.74, 6) is 1.19. The largest absolute Gasteiger partial charge is 0.328 e. The summed E-state index contributed by atoms with van der Waals surface area (Å²) in [6, 6.07) is 8.62. The third kappa shape index (κ3) is 3.21. The van der Waals surface area contributed by atoms with Crippen LogP contribution >= 0.6 is 0 Å². The van der Waals surface area contributed by atoms with Gasteiger partial charge in [-0.2, -0.15) is 0 Å². The normalized spacial score (nSPS) is 13.8. The number of para-hydroxylation sites is 2. The maximum Gasteiger partial charge on any atom is 0.109 e. The molecule has 0 radical (unpaired) electrons. The molecule has 0 aliphatic heterocycles. The highest BCUT2D eigenvalue weighted by atomic mass is 15.1. The minimum Gasteiger partial charge on any atom is -0.328 e. The quantitative estimate of drug-likeness (QED) is 0.901. The highest BCUT2D eigenvalue weighted by molar-refractivity contribution is 5.75. The number of nitrogens with two attached hydrogens (primary N) is 1. The Kier molecular flexibility index (Phi) is 4.48. The number of aryl methyl sites for hydroxylation is 2. The Morgan fingerprint density at radius 3 is 2.60 bits per heavy atom. The lowest BCUT2D eigenvalue weighted by Gasteiger charge is -2.26. The first-order chi connectivity index (χ1) is 9.43. The van der Waals surface area contributed by atoms with Crippen molar-refractivity contribution in [1.82, 2.24) is 9.55 Å². The zero-order valence-electron chi connectivity index (χ0n) is 13.2. The fourth-order valence-corrected chi connectivity index (χ4v) is 2.58. The fraction of sp³-hybridized carbons (Fsp3) is 0.588. The fourth-order valence-electron chi connectivity index (χ4n) is 2.58. The van der Waals surface area contributed by atoms with Crippen molar-refractivity contribution in [3.05, 3.63) is 30.1 Å². The molecule has 3 heteroatoms. The Labute approximate surface area is 122 Å². The Morgan fingerprint density at radius 1 is 1.25 bits per heavy atom. The van der Waals surface area contributed by atoms with Crippen LogP contribution in [-0.4, -0.2) is 15.6 Å². The molecule has 2 rings (SSSR count). The maximum atomic E-state index is 6.23. The minimum atomic E-state index is 0.185. The molecule has 0 spiro atoms. The molecule has 2 N–H and O–H groups in total. The van der Waals surface area contributed by atoms with E-state index in [0.717, 1.165) is 31.3 Å². The second-order valence-electron chi connectivity index (χ2n) is 6.63. The predicted octanol–water partition coefficient (Wildman–Crippen LogP) is 3.75. The standard InChI is InChI=1S/C17H27N3/c1-5-20-14-10-7-6-9-13(14)19-16(20)12-8-11-15(18)17(2,3)4/h6-7,9-10,15H,5,8,11-12,18H2,1-4H3. The van der Waals surface area contributed by atoms with E-state index in [1.807, 2.05) is 0 Å². The van der Waals surface area contributed by atoms with Crippen LogP contribution in [0, 0.1) is 5.41 Å². The van der Waals surface area contributed by atoms with E-state index in [2.05, 4.69) is 56.5 Å². The maximum absolute atomic E-state index is 6.23. The number of imidazole rings is 1. The zero-order valence-corrected chi connectivity index (χ0v) is 13.2. The smallest absolute Gasteiger partial charge is 0.109 e. The highest BCUT2D eigenvalue weighted by Crippen LogP contribution is 2.22. The van der Waals surface area contributed by atoms with E-state index < -0.39 is 0 Å². The molecule has 3 nitrogen and oxygen atoms in total. The Bertz CT molecular complexity index is 563. The van der Waals surface area contributed by atoms with Crippen molar-refractivity contribution in [3.63, 3.8) is 0 Å². The lowest BCUT2D eigenvalue weighted by Crippen LogP contribution is -2.34. The van der Waals surface area contributed by atoms with Gasteiger partial charge < -0.3 is 10.3 Å². The van der Waals surface area contributed by atoms with E-state index in [1.54, 1.807) is 0 Å². The topological polar surface area (TPSA) is 43.8 Å². The van der Waals surface area contributed by atoms with Gasteiger partial charge in [0.1, 0.15) is 5.82 Å². The van der Waals surface area contributed by atoms with Crippen LogP contribution in [0.2, 0.25) is 0 Å². The first kappa shape index (κ1) is 15.0. The molecular weight excluding hydrogens is 246 g/mol. The molecule has 0 aliphatic carbocycles. The van der Waals surface area contributed by atoms with Crippen LogP contribution in [0.3, 0.4) is 0 Å². The third-order valence-electron chi connectivity index (χ3n) is 4.08. The van der Waals surface area contributed by atoms with Gasteiger partial charge in [-0.1, -0.05) is 32.9 Å². The van der Waals surface area contributed by atoms with Crippen LogP contribution in [0.15, 0.2) is 24.3 Å². The van der Waals surface area contributed by atoms with E-state index >= 15 is 0 Å². The van der Waals surface area contributed by atoms with Crippen LogP contribution in [-0.2, 0) is 13.0 Å². The van der Waals surface area contributed by atoms with Crippen molar-refractivity contribution < 1.29 is 0 Å². The Balaban J connectivity index is 2.07. The summed E-state index contributed by atoms with van der Waals surface area (Å²) in [6.07, 6.45) is 3.16. The van der Waals surface area contributed by atoms with Crippen LogP contribution in [0.4, 0.5) is 0 Å². The van der Waals surface area contributed by atoms with Crippen molar-refractivity contribution in [2.24, 2.45) is 11.1 Å². The van der Waals surface area contributed by atoms with Gasteiger partial charge in [0, 0.05) is 19.0 Å². The van der Waals surface area contributed by atoms with Crippen molar-refractivity contribution in [3.8, 4) is 0 Å². The predicted molar refractivity (Wildman–Crippen MR) is 85.8 cm³/mol. The summed E-state index contributed by atoms with van der Waals surface area (Å²) in [7, 11) is 0. The van der Waals surface area contributed by atoms with Crippen LogP contribution < -0.4 is 5.73 Å². The van der Waals surface area contributed by atoms with Gasteiger partial charge in [-0.15, -0.1) is 0 Å². The number of nitrogens with zero attached hydrogens (tertiary/aromatic N) is 2. The first-order valence-electron chi connectivity index (χ1n) is 7.63. The van der Waals surface area contributed by atoms with Gasteiger partial charge in [0.25, 0.3) is 0 Å². The van der Waals surface area contributed by atoms with E-state index in [9.17, 15) is 0 Å². The first-order valence-corrected chi connectivity index (χ1v) is 7.63. The number of aromatic nitrogens is 2. The molecule has 1 unspecified atom stereocenters. The molecule has 0 bridgehead atoms. The summed E-state index contributed by atoms with van der Waals surface area (Å²) in [4.78, 5) is 4.76. The van der Waals surface area contributed by atoms with E-state index in [0.29, 0.717) is 0 Å². The minimum absolute atomic E-state index is 0.185. The van der Waals surface area contributed by atoms with Gasteiger partial charge >= 0.3 is 0 Å². The van der Waals surface area contributed by atoms with E-state index in [1.165, 1.54) is 11.3 Å². The van der Waals surface area contributed by atoms with Gasteiger partial charge in [0.2, 0.25) is 0 Å². The van der Waals surface area contributed by atoms with Gasteiger partial charge in [0.05, 0.1) is 11.0 Å². The van der Waals surface area contributed by atoms with Crippen LogP contribution in [0.25, 0.3) is 11.0 Å². The third-order valence-corrected chi connectivity index (χ3v) is 4.08. The van der Waals surface area contributed by atoms with Gasteiger partial charge in [0.15, 0.2) is 0 Å². The lowest BCUT2D eigenvalue weighted by atomic mass is 9.84. The average Bonchev–Trinajstić information content (AvgIpc) is 2.74. The molecule has 0 amide bonds. The molecule has 20 heavy (non-hydrogen) atoms. The van der Waals surface area contributed by atoms with Gasteiger partial charge in [-0.3, -0.25) is 0 Å². The monoisotopic (exact) mass is 273 g/mol. The van der Waals surface area contributed by atoms with Gasteiger partial charge in [-0.25, -0.2) is 4.98 Å². The van der Waals surface area contributed by atoms with Crippen molar-refractivity contribution >= 4 is 11.0 Å². The Hall–Kier alpha value is -1.35. The SMILES string of the molecule is CCn1c(CCCC(N)C(C)(C)C)nc2ccccc21. The lowest BCUT2D eigenvalue weighted by molar-refractivity contribution is 0.300. The number of hydrogen-bond acceptors (Lipinski definition) is 2. The molecule has 1 atom stereocenters.